The van der Waals surface area contributed by atoms with Gasteiger partial charge in [-0.05, 0) is 42.0 Å². The maximum absolute atomic E-state index is 13.1. The number of anilines is 1. The third kappa shape index (κ3) is 6.17. The van der Waals surface area contributed by atoms with Gasteiger partial charge in [-0.2, -0.15) is 0 Å². The molecule has 2 rings (SSSR count). The molecule has 0 aromatic heterocycles. The molecule has 0 unspecified atom stereocenters. The van der Waals surface area contributed by atoms with Gasteiger partial charge >= 0.3 is 0 Å². The van der Waals surface area contributed by atoms with Crippen molar-refractivity contribution in [3.05, 3.63) is 59.9 Å². The number of benzene rings is 2. The van der Waals surface area contributed by atoms with Crippen LogP contribution in [-0.2, 0) is 14.8 Å². The predicted octanol–water partition coefficient (Wildman–Crippen LogP) is 2.45. The number of amides is 1. The first-order valence-corrected chi connectivity index (χ1v) is 9.32. The second kappa shape index (κ2) is 8.09. The zero-order valence-corrected chi connectivity index (χ0v) is 14.6. The Hall–Kier alpha value is -2.45. The summed E-state index contributed by atoms with van der Waals surface area (Å²) in [6.07, 6.45) is 0.871. The smallest absolute Gasteiger partial charge is 0.226 e. The topological polar surface area (TPSA) is 84.5 Å². The highest BCUT2D eigenvalue weighted by Crippen LogP contribution is 2.20. The summed E-state index contributed by atoms with van der Waals surface area (Å²) in [6, 6.07) is 11.3. The molecule has 6 nitrogen and oxygen atoms in total. The van der Waals surface area contributed by atoms with E-state index in [-0.39, 0.29) is 12.3 Å². The largest absolute Gasteiger partial charge is 0.497 e. The lowest BCUT2D eigenvalue weighted by Gasteiger charge is -2.18. The van der Waals surface area contributed by atoms with Crippen molar-refractivity contribution in [3.8, 4) is 5.75 Å². The first-order valence-electron chi connectivity index (χ1n) is 7.43. The molecule has 134 valence electrons. The van der Waals surface area contributed by atoms with Crippen molar-refractivity contribution >= 4 is 21.6 Å². The molecule has 0 aliphatic rings. The molecular formula is C17H19FN2O4S. The third-order valence-electron chi connectivity index (χ3n) is 3.39. The van der Waals surface area contributed by atoms with Crippen LogP contribution in [0.2, 0.25) is 0 Å². The van der Waals surface area contributed by atoms with E-state index in [0.717, 1.165) is 6.26 Å². The van der Waals surface area contributed by atoms with Crippen LogP contribution in [0, 0.1) is 5.82 Å². The highest BCUT2D eigenvalue weighted by atomic mass is 32.2. The van der Waals surface area contributed by atoms with Gasteiger partial charge < -0.3 is 10.1 Å². The standard InChI is InChI=1S/C17H19FN2O4S/c1-24-15-9-7-14(8-10-15)19-17(21)11-16(20-25(2,22)23)12-3-5-13(18)6-4-12/h3-10,16,20H,11H2,1-2H3,(H,19,21)/t16-/m0/s1. The van der Waals surface area contributed by atoms with Gasteiger partial charge in [0.1, 0.15) is 11.6 Å². The molecule has 1 amide bonds. The van der Waals surface area contributed by atoms with Gasteiger partial charge in [-0.25, -0.2) is 17.5 Å². The fraction of sp³-hybridized carbons (Fsp3) is 0.235. The van der Waals surface area contributed by atoms with Gasteiger partial charge in [-0.1, -0.05) is 12.1 Å². The van der Waals surface area contributed by atoms with Gasteiger partial charge in [0.2, 0.25) is 15.9 Å². The first-order chi connectivity index (χ1) is 11.8. The summed E-state index contributed by atoms with van der Waals surface area (Å²) in [4.78, 5) is 12.3. The second-order valence-corrected chi connectivity index (χ2v) is 7.25. The molecule has 0 aliphatic heterocycles. The number of sulfonamides is 1. The average molecular weight is 366 g/mol. The number of nitrogens with one attached hydrogen (secondary N) is 2. The number of carbonyl (C=O) groups is 1. The minimum absolute atomic E-state index is 0.134. The molecule has 1 atom stereocenters. The minimum atomic E-state index is -3.55. The Bertz CT molecular complexity index is 821. The van der Waals surface area contributed by atoms with E-state index in [4.69, 9.17) is 4.74 Å². The van der Waals surface area contributed by atoms with Crippen molar-refractivity contribution in [2.24, 2.45) is 0 Å². The number of hydrogen-bond donors (Lipinski definition) is 2. The van der Waals surface area contributed by atoms with Crippen molar-refractivity contribution in [2.75, 3.05) is 18.7 Å². The van der Waals surface area contributed by atoms with E-state index in [0.29, 0.717) is 17.0 Å². The molecule has 0 saturated heterocycles. The maximum atomic E-state index is 13.1. The molecule has 25 heavy (non-hydrogen) atoms. The highest BCUT2D eigenvalue weighted by Gasteiger charge is 2.20. The quantitative estimate of drug-likeness (QED) is 0.788. The number of carbonyl (C=O) groups excluding carboxylic acids is 1. The van der Waals surface area contributed by atoms with Crippen LogP contribution >= 0.6 is 0 Å². The number of rotatable bonds is 7. The van der Waals surface area contributed by atoms with Crippen molar-refractivity contribution in [1.29, 1.82) is 0 Å². The zero-order valence-electron chi connectivity index (χ0n) is 13.8. The lowest BCUT2D eigenvalue weighted by molar-refractivity contribution is -0.116. The van der Waals surface area contributed by atoms with Gasteiger partial charge in [-0.3, -0.25) is 4.79 Å². The van der Waals surface area contributed by atoms with Crippen molar-refractivity contribution in [2.45, 2.75) is 12.5 Å². The summed E-state index contributed by atoms with van der Waals surface area (Å²) < 4.78 is 43.6. The van der Waals surface area contributed by atoms with Crippen LogP contribution in [0.3, 0.4) is 0 Å². The molecule has 0 heterocycles. The van der Waals surface area contributed by atoms with Crippen LogP contribution < -0.4 is 14.8 Å². The van der Waals surface area contributed by atoms with E-state index in [9.17, 15) is 17.6 Å². The average Bonchev–Trinajstić information content (AvgIpc) is 2.54. The summed E-state index contributed by atoms with van der Waals surface area (Å²) in [7, 11) is -2.01. The van der Waals surface area contributed by atoms with Crippen LogP contribution in [0.25, 0.3) is 0 Å². The lowest BCUT2D eigenvalue weighted by atomic mass is 10.0. The zero-order chi connectivity index (χ0) is 18.4. The van der Waals surface area contributed by atoms with Gasteiger partial charge in [0, 0.05) is 12.1 Å². The predicted molar refractivity (Wildman–Crippen MR) is 93.4 cm³/mol. The van der Waals surface area contributed by atoms with Gasteiger partial charge in [0.05, 0.1) is 19.4 Å². The number of hydrogen-bond acceptors (Lipinski definition) is 4. The van der Waals surface area contributed by atoms with Gasteiger partial charge in [-0.15, -0.1) is 0 Å². The molecule has 0 spiro atoms. The van der Waals surface area contributed by atoms with Gasteiger partial charge in [0.15, 0.2) is 0 Å². The summed E-state index contributed by atoms with van der Waals surface area (Å²) in [5.74, 6) is -0.166. The number of halogens is 1. The van der Waals surface area contributed by atoms with Crippen LogP contribution in [-0.4, -0.2) is 27.7 Å². The van der Waals surface area contributed by atoms with E-state index in [1.54, 1.807) is 24.3 Å². The van der Waals surface area contributed by atoms with E-state index < -0.39 is 21.9 Å². The van der Waals surface area contributed by atoms with Crippen LogP contribution in [0.15, 0.2) is 48.5 Å². The third-order valence-corrected chi connectivity index (χ3v) is 4.10. The monoisotopic (exact) mass is 366 g/mol. The number of methoxy groups -OCH3 is 1. The Balaban J connectivity index is 2.11. The first kappa shape index (κ1) is 18.9. The Labute approximate surface area is 146 Å². The lowest BCUT2D eigenvalue weighted by Crippen LogP contribution is -2.30. The fourth-order valence-corrected chi connectivity index (χ4v) is 2.99. The molecule has 0 fully saturated rings. The Morgan fingerprint density at radius 1 is 1.12 bits per heavy atom. The number of ether oxygens (including phenoxy) is 1. The molecule has 0 bridgehead atoms. The maximum Gasteiger partial charge on any atom is 0.226 e. The Morgan fingerprint density at radius 3 is 2.24 bits per heavy atom. The second-order valence-electron chi connectivity index (χ2n) is 5.47. The minimum Gasteiger partial charge on any atom is -0.497 e. The Kier molecular flexibility index (Phi) is 6.11. The molecule has 2 N–H and O–H groups in total. The SMILES string of the molecule is COc1ccc(NC(=O)C[C@H](NS(C)(=O)=O)c2ccc(F)cc2)cc1. The summed E-state index contributed by atoms with van der Waals surface area (Å²) in [5, 5.41) is 2.69. The molecule has 2 aromatic rings. The van der Waals surface area contributed by atoms with E-state index >= 15 is 0 Å². The normalized spacial score (nSPS) is 12.4. The van der Waals surface area contributed by atoms with Gasteiger partial charge in [0.25, 0.3) is 0 Å². The van der Waals surface area contributed by atoms with E-state index in [1.165, 1.54) is 31.4 Å². The van der Waals surface area contributed by atoms with Crippen LogP contribution in [0.1, 0.15) is 18.0 Å². The summed E-state index contributed by atoms with van der Waals surface area (Å²) >= 11 is 0. The molecule has 0 radical (unpaired) electrons. The molecule has 8 heteroatoms. The summed E-state index contributed by atoms with van der Waals surface area (Å²) in [5.41, 5.74) is 1.06. The summed E-state index contributed by atoms with van der Waals surface area (Å²) in [6.45, 7) is 0. The van der Waals surface area contributed by atoms with Crippen LogP contribution in [0.4, 0.5) is 10.1 Å². The van der Waals surface area contributed by atoms with Crippen molar-refractivity contribution in [3.63, 3.8) is 0 Å². The van der Waals surface area contributed by atoms with Crippen molar-refractivity contribution < 1.29 is 22.3 Å². The van der Waals surface area contributed by atoms with Crippen LogP contribution in [0.5, 0.6) is 5.75 Å². The molecule has 2 aromatic carbocycles. The van der Waals surface area contributed by atoms with E-state index in [2.05, 4.69) is 10.0 Å². The molecule has 0 saturated carbocycles. The highest BCUT2D eigenvalue weighted by molar-refractivity contribution is 7.88. The molecule has 0 aliphatic carbocycles. The van der Waals surface area contributed by atoms with Crippen molar-refractivity contribution in [1.82, 2.24) is 4.72 Å². The molecular weight excluding hydrogens is 347 g/mol. The Morgan fingerprint density at radius 2 is 1.72 bits per heavy atom. The van der Waals surface area contributed by atoms with E-state index in [1.807, 2.05) is 0 Å². The fourth-order valence-electron chi connectivity index (χ4n) is 2.25.